The van der Waals surface area contributed by atoms with Gasteiger partial charge in [0.05, 0.1) is 48.5 Å². The van der Waals surface area contributed by atoms with E-state index in [9.17, 15) is 39.6 Å². The Morgan fingerprint density at radius 3 is 2.51 bits per heavy atom. The second-order valence-electron chi connectivity index (χ2n) is 11.9. The van der Waals surface area contributed by atoms with Gasteiger partial charge in [0.15, 0.2) is 18.7 Å². The van der Waals surface area contributed by atoms with Gasteiger partial charge >= 0.3 is 5.97 Å². The molecule has 2 aromatic carbocycles. The van der Waals surface area contributed by atoms with Gasteiger partial charge < -0.3 is 45.1 Å². The molecule has 14 heteroatoms. The number of aromatic hydroxyl groups is 2. The lowest BCUT2D eigenvalue weighted by Gasteiger charge is -2.42. The minimum absolute atomic E-state index is 0.0102. The first-order valence-electron chi connectivity index (χ1n) is 14.9. The summed E-state index contributed by atoms with van der Waals surface area (Å²) in [5.41, 5.74) is 2.27. The van der Waals surface area contributed by atoms with E-state index in [4.69, 9.17) is 24.7 Å². The number of thiophene rings is 1. The molecule has 1 fully saturated rings. The Morgan fingerprint density at radius 2 is 1.83 bits per heavy atom. The number of rotatable bonds is 8. The molecule has 47 heavy (non-hydrogen) atoms. The first-order chi connectivity index (χ1) is 22.3. The van der Waals surface area contributed by atoms with Gasteiger partial charge in [0.1, 0.15) is 22.8 Å². The zero-order valence-corrected chi connectivity index (χ0v) is 26.2. The summed E-state index contributed by atoms with van der Waals surface area (Å²) >= 11 is 1.34. The van der Waals surface area contributed by atoms with Crippen molar-refractivity contribution >= 4 is 34.7 Å². The highest BCUT2D eigenvalue weighted by Gasteiger charge is 2.50. The molecule has 0 spiro atoms. The topological polar surface area (TPSA) is 212 Å². The van der Waals surface area contributed by atoms with Crippen molar-refractivity contribution in [2.75, 3.05) is 13.7 Å². The summed E-state index contributed by atoms with van der Waals surface area (Å²) in [4.78, 5) is 54.2. The maximum Gasteiger partial charge on any atom is 0.311 e. The van der Waals surface area contributed by atoms with Crippen LogP contribution in [0, 0.1) is 0 Å². The van der Waals surface area contributed by atoms with Crippen LogP contribution >= 0.6 is 11.3 Å². The fourth-order valence-corrected chi connectivity index (χ4v) is 7.18. The van der Waals surface area contributed by atoms with Crippen LogP contribution in [0.2, 0.25) is 0 Å². The SMILES string of the molecule is COc1cccc2c1C(=O)c1c(O)c3c(c(O)c1C2=O)C[C@@](O)(C(=O)COC(=O)Cc1cccs1)C[C@@H]3O[C@H]1C[C@H](N)[C@H](O)[C@H](C)O1. The Morgan fingerprint density at radius 1 is 1.09 bits per heavy atom. The van der Waals surface area contributed by atoms with Crippen LogP contribution < -0.4 is 10.5 Å². The molecule has 0 bridgehead atoms. The van der Waals surface area contributed by atoms with Gasteiger partial charge in [-0.15, -0.1) is 11.3 Å². The van der Waals surface area contributed by atoms with Crippen molar-refractivity contribution in [1.82, 2.24) is 0 Å². The van der Waals surface area contributed by atoms with Crippen LogP contribution in [-0.2, 0) is 36.6 Å². The maximum atomic E-state index is 13.8. The summed E-state index contributed by atoms with van der Waals surface area (Å²) in [7, 11) is 1.32. The number of nitrogens with two attached hydrogens (primary N) is 1. The number of ether oxygens (including phenoxy) is 4. The van der Waals surface area contributed by atoms with Crippen molar-refractivity contribution in [2.24, 2.45) is 5.73 Å². The molecular weight excluding hydrogens is 634 g/mol. The number of phenols is 2. The first-order valence-corrected chi connectivity index (χ1v) is 15.8. The average Bonchev–Trinajstić information content (AvgIpc) is 3.55. The monoisotopic (exact) mass is 667 g/mol. The zero-order valence-electron chi connectivity index (χ0n) is 25.4. The lowest BCUT2D eigenvalue weighted by molar-refractivity contribution is -0.247. The van der Waals surface area contributed by atoms with Crippen LogP contribution in [0.4, 0.5) is 0 Å². The number of aliphatic hydroxyl groups excluding tert-OH is 1. The number of methoxy groups -OCH3 is 1. The van der Waals surface area contributed by atoms with Gasteiger partial charge in [-0.2, -0.15) is 0 Å². The summed E-state index contributed by atoms with van der Waals surface area (Å²) in [6.45, 7) is 0.771. The van der Waals surface area contributed by atoms with Crippen molar-refractivity contribution in [3.8, 4) is 17.2 Å². The van der Waals surface area contributed by atoms with Crippen LogP contribution in [0.25, 0.3) is 0 Å². The number of phenolic OH excluding ortho intramolecular Hbond substituents is 2. The molecule has 0 amide bonds. The highest BCUT2D eigenvalue weighted by Crippen LogP contribution is 2.52. The van der Waals surface area contributed by atoms with Crippen molar-refractivity contribution in [3.63, 3.8) is 0 Å². The predicted molar refractivity (Wildman–Crippen MR) is 164 cm³/mol. The summed E-state index contributed by atoms with van der Waals surface area (Å²) < 4.78 is 22.4. The van der Waals surface area contributed by atoms with E-state index in [2.05, 4.69) is 0 Å². The van der Waals surface area contributed by atoms with E-state index in [1.165, 1.54) is 36.6 Å². The molecule has 6 rings (SSSR count). The molecule has 1 saturated heterocycles. The number of benzene rings is 2. The highest BCUT2D eigenvalue weighted by atomic mass is 32.1. The van der Waals surface area contributed by atoms with Crippen molar-refractivity contribution in [3.05, 3.63) is 74.0 Å². The number of ketones is 3. The van der Waals surface area contributed by atoms with Gasteiger partial charge in [-0.1, -0.05) is 18.2 Å². The number of carbonyl (C=O) groups is 4. The van der Waals surface area contributed by atoms with Crippen LogP contribution in [-0.4, -0.2) is 87.6 Å². The number of Topliss-reactive ketones (excluding diaryl/α,β-unsaturated/α-hetero) is 1. The Labute approximate surface area is 272 Å². The molecule has 1 aromatic heterocycles. The number of aliphatic hydroxyl groups is 2. The molecule has 2 heterocycles. The molecule has 248 valence electrons. The van der Waals surface area contributed by atoms with Crippen molar-refractivity contribution < 1.29 is 58.6 Å². The van der Waals surface area contributed by atoms with Crippen LogP contribution in [0.15, 0.2) is 35.7 Å². The molecule has 0 saturated carbocycles. The van der Waals surface area contributed by atoms with Gasteiger partial charge in [-0.3, -0.25) is 19.2 Å². The Bertz CT molecular complexity index is 1760. The minimum atomic E-state index is -2.32. The Hall–Kier alpha value is -4.18. The Kier molecular flexibility index (Phi) is 8.67. The van der Waals surface area contributed by atoms with Gasteiger partial charge in [-0.25, -0.2) is 0 Å². The van der Waals surface area contributed by atoms with Crippen LogP contribution in [0.1, 0.15) is 73.7 Å². The number of carbonyl (C=O) groups excluding carboxylic acids is 4. The molecule has 0 radical (unpaired) electrons. The minimum Gasteiger partial charge on any atom is -0.507 e. The van der Waals surface area contributed by atoms with E-state index >= 15 is 0 Å². The van der Waals surface area contributed by atoms with Crippen LogP contribution in [0.5, 0.6) is 17.2 Å². The number of esters is 1. The molecule has 2 aliphatic carbocycles. The fraction of sp³-hybridized carbons (Fsp3) is 0.394. The maximum absolute atomic E-state index is 13.8. The average molecular weight is 668 g/mol. The standard InChI is InChI=1S/C33H33NO12S/c1-14-28(37)18(34)10-23(45-14)46-20-12-33(42,21(35)13-44-22(36)9-15-5-4-8-47-15)11-17-25(20)32(41)27-26(30(17)39)29(38)16-6-3-7-19(43-2)24(16)31(27)40/h3-8,14,18,20,23,28,37,39,41-42H,9-13,34H2,1-2H3/t14-,18-,20-,23-,28+,33-/m0/s1. The van der Waals surface area contributed by atoms with Crippen molar-refractivity contribution in [1.29, 1.82) is 0 Å². The molecule has 0 unspecified atom stereocenters. The molecule has 3 aliphatic rings. The second-order valence-corrected chi connectivity index (χ2v) is 13.0. The molecule has 13 nitrogen and oxygen atoms in total. The lowest BCUT2D eigenvalue weighted by atomic mass is 9.72. The smallest absolute Gasteiger partial charge is 0.311 e. The second kappa shape index (κ2) is 12.4. The van der Waals surface area contributed by atoms with Crippen molar-refractivity contribution in [2.45, 2.75) is 68.9 Å². The quantitative estimate of drug-likeness (QED) is 0.134. The summed E-state index contributed by atoms with van der Waals surface area (Å²) in [6.07, 6.45) is -5.47. The molecule has 1 aliphatic heterocycles. The van der Waals surface area contributed by atoms with E-state index < -0.39 is 102 Å². The largest absolute Gasteiger partial charge is 0.507 e. The third-order valence-electron chi connectivity index (χ3n) is 8.92. The molecule has 3 aromatic rings. The van der Waals surface area contributed by atoms with E-state index in [1.807, 2.05) is 0 Å². The number of hydrogen-bond acceptors (Lipinski definition) is 14. The first kappa shape index (κ1) is 32.7. The highest BCUT2D eigenvalue weighted by molar-refractivity contribution is 7.10. The van der Waals surface area contributed by atoms with Gasteiger partial charge in [-0.05, 0) is 24.4 Å². The number of hydrogen-bond donors (Lipinski definition) is 5. The Balaban J connectivity index is 1.40. The third kappa shape index (κ3) is 5.70. The number of fused-ring (bicyclic) bond motifs is 3. The van der Waals surface area contributed by atoms with E-state index in [0.717, 1.165) is 4.88 Å². The summed E-state index contributed by atoms with van der Waals surface area (Å²) in [6, 6.07) is 7.09. The molecular formula is C33H33NO12S. The van der Waals surface area contributed by atoms with Gasteiger partial charge in [0.25, 0.3) is 0 Å². The van der Waals surface area contributed by atoms with E-state index in [1.54, 1.807) is 24.4 Å². The van der Waals surface area contributed by atoms with Gasteiger partial charge in [0, 0.05) is 46.9 Å². The van der Waals surface area contributed by atoms with E-state index in [-0.39, 0.29) is 40.8 Å². The lowest BCUT2D eigenvalue weighted by Crippen LogP contribution is -2.53. The van der Waals surface area contributed by atoms with E-state index in [0.29, 0.717) is 0 Å². The zero-order chi connectivity index (χ0) is 33.8. The summed E-state index contributed by atoms with van der Waals surface area (Å²) in [5, 5.41) is 47.1. The van der Waals surface area contributed by atoms with Gasteiger partial charge in [0.2, 0.25) is 11.6 Å². The van der Waals surface area contributed by atoms with Crippen LogP contribution in [0.3, 0.4) is 0 Å². The normalized spacial score (nSPS) is 26.6. The predicted octanol–water partition coefficient (Wildman–Crippen LogP) is 1.86. The third-order valence-corrected chi connectivity index (χ3v) is 9.80. The molecule has 6 atom stereocenters. The molecule has 6 N–H and O–H groups in total. The summed E-state index contributed by atoms with van der Waals surface area (Å²) in [5.74, 6) is -4.51. The fourth-order valence-electron chi connectivity index (χ4n) is 6.49.